The van der Waals surface area contributed by atoms with Gasteiger partial charge in [-0.15, -0.1) is 11.8 Å². The van der Waals surface area contributed by atoms with Gasteiger partial charge in [0.15, 0.2) is 0 Å². The molecule has 1 amide bonds. The number of aromatic amines is 1. The Hall–Kier alpha value is -2.27. The zero-order chi connectivity index (χ0) is 13.9. The minimum Gasteiger partial charge on any atom is -0.345 e. The fraction of sp³-hybridized carbons (Fsp3) is 0.0667. The van der Waals surface area contributed by atoms with Crippen molar-refractivity contribution < 1.29 is 4.79 Å². The maximum atomic E-state index is 12.2. The second-order valence-electron chi connectivity index (χ2n) is 4.32. The lowest BCUT2D eigenvalue weighted by Crippen LogP contribution is -2.11. The largest absolute Gasteiger partial charge is 0.345 e. The molecule has 0 unspecified atom stereocenters. The van der Waals surface area contributed by atoms with Crippen molar-refractivity contribution in [2.45, 2.75) is 4.90 Å². The number of H-pyrrole nitrogens is 1. The minimum absolute atomic E-state index is 0.125. The molecule has 0 spiro atoms. The highest BCUT2D eigenvalue weighted by Gasteiger charge is 2.08. The first-order valence-electron chi connectivity index (χ1n) is 6.15. The second kappa shape index (κ2) is 5.38. The first-order chi connectivity index (χ1) is 9.76. The lowest BCUT2D eigenvalue weighted by atomic mass is 10.2. The van der Waals surface area contributed by atoms with Crippen LogP contribution in [0.2, 0.25) is 0 Å². The van der Waals surface area contributed by atoms with Gasteiger partial charge in [-0.3, -0.25) is 4.79 Å². The highest BCUT2D eigenvalue weighted by atomic mass is 32.2. The smallest absolute Gasteiger partial charge is 0.255 e. The molecule has 3 rings (SSSR count). The number of rotatable bonds is 3. The number of amides is 1. The summed E-state index contributed by atoms with van der Waals surface area (Å²) in [6, 6.07) is 13.2. The summed E-state index contributed by atoms with van der Waals surface area (Å²) in [5.74, 6) is -0.125. The molecule has 1 heterocycles. The van der Waals surface area contributed by atoms with Gasteiger partial charge in [0.05, 0.1) is 17.4 Å². The number of hydrogen-bond acceptors (Lipinski definition) is 3. The Labute approximate surface area is 120 Å². The van der Waals surface area contributed by atoms with E-state index in [0.29, 0.717) is 5.56 Å². The van der Waals surface area contributed by atoms with Gasteiger partial charge >= 0.3 is 0 Å². The van der Waals surface area contributed by atoms with Crippen LogP contribution in [-0.2, 0) is 0 Å². The predicted molar refractivity (Wildman–Crippen MR) is 82.3 cm³/mol. The predicted octanol–water partition coefficient (Wildman–Crippen LogP) is 3.54. The summed E-state index contributed by atoms with van der Waals surface area (Å²) in [6.45, 7) is 0. The Morgan fingerprint density at radius 1 is 1.25 bits per heavy atom. The standard InChI is InChI=1S/C15H13N3OS/c1-20-12-4-2-3-11(8-12)18-15(19)10-5-6-13-14(7-10)17-9-16-13/h2-9H,1H3,(H,16,17)(H,18,19). The number of hydrogen-bond donors (Lipinski definition) is 2. The van der Waals surface area contributed by atoms with Crippen LogP contribution in [-0.4, -0.2) is 22.1 Å². The van der Waals surface area contributed by atoms with Gasteiger partial charge in [-0.1, -0.05) is 6.07 Å². The Morgan fingerprint density at radius 3 is 3.00 bits per heavy atom. The third kappa shape index (κ3) is 2.53. The number of fused-ring (bicyclic) bond motifs is 1. The van der Waals surface area contributed by atoms with Gasteiger partial charge in [0, 0.05) is 16.1 Å². The van der Waals surface area contributed by atoms with E-state index in [2.05, 4.69) is 15.3 Å². The van der Waals surface area contributed by atoms with Crippen LogP contribution in [0.1, 0.15) is 10.4 Å². The van der Waals surface area contributed by atoms with Crippen LogP contribution < -0.4 is 5.32 Å². The molecule has 0 saturated carbocycles. The maximum absolute atomic E-state index is 12.2. The monoisotopic (exact) mass is 283 g/mol. The second-order valence-corrected chi connectivity index (χ2v) is 5.20. The molecule has 0 aliphatic rings. The fourth-order valence-corrected chi connectivity index (χ4v) is 2.44. The van der Waals surface area contributed by atoms with Crippen molar-refractivity contribution in [3.63, 3.8) is 0 Å². The Bertz CT molecular complexity index is 766. The molecule has 2 aromatic carbocycles. The third-order valence-electron chi connectivity index (χ3n) is 3.01. The van der Waals surface area contributed by atoms with Crippen molar-refractivity contribution in [1.29, 1.82) is 0 Å². The first kappa shape index (κ1) is 12.7. The third-order valence-corrected chi connectivity index (χ3v) is 3.74. The van der Waals surface area contributed by atoms with Crippen molar-refractivity contribution in [2.24, 2.45) is 0 Å². The molecule has 0 radical (unpaired) electrons. The Balaban J connectivity index is 1.84. The molecule has 4 nitrogen and oxygen atoms in total. The zero-order valence-electron chi connectivity index (χ0n) is 10.9. The van der Waals surface area contributed by atoms with Gasteiger partial charge in [-0.05, 0) is 42.7 Å². The first-order valence-corrected chi connectivity index (χ1v) is 7.37. The van der Waals surface area contributed by atoms with Crippen LogP contribution in [0.5, 0.6) is 0 Å². The van der Waals surface area contributed by atoms with Crippen LogP contribution in [0.3, 0.4) is 0 Å². The van der Waals surface area contributed by atoms with E-state index in [1.165, 1.54) is 0 Å². The quantitative estimate of drug-likeness (QED) is 0.723. The van der Waals surface area contributed by atoms with Crippen LogP contribution in [0.4, 0.5) is 5.69 Å². The fourth-order valence-electron chi connectivity index (χ4n) is 1.98. The number of carbonyl (C=O) groups excluding carboxylic acids is 1. The molecule has 5 heteroatoms. The van der Waals surface area contributed by atoms with Crippen LogP contribution >= 0.6 is 11.8 Å². The molecule has 0 saturated heterocycles. The average molecular weight is 283 g/mol. The summed E-state index contributed by atoms with van der Waals surface area (Å²) in [5, 5.41) is 2.90. The molecule has 0 fully saturated rings. The van der Waals surface area contributed by atoms with Gasteiger partial charge in [0.1, 0.15) is 0 Å². The van der Waals surface area contributed by atoms with Crippen molar-refractivity contribution >= 4 is 34.4 Å². The summed E-state index contributed by atoms with van der Waals surface area (Å²) >= 11 is 1.64. The zero-order valence-corrected chi connectivity index (χ0v) is 11.7. The van der Waals surface area contributed by atoms with E-state index >= 15 is 0 Å². The summed E-state index contributed by atoms with van der Waals surface area (Å²) in [4.78, 5) is 20.5. The van der Waals surface area contributed by atoms with Crippen LogP contribution in [0.15, 0.2) is 53.7 Å². The molecule has 20 heavy (non-hydrogen) atoms. The van der Waals surface area contributed by atoms with Gasteiger partial charge in [0.2, 0.25) is 0 Å². The topological polar surface area (TPSA) is 57.8 Å². The molecular weight excluding hydrogens is 270 g/mol. The summed E-state index contributed by atoms with van der Waals surface area (Å²) < 4.78 is 0. The Morgan fingerprint density at radius 2 is 2.15 bits per heavy atom. The van der Waals surface area contributed by atoms with Crippen molar-refractivity contribution in [1.82, 2.24) is 9.97 Å². The number of imidazole rings is 1. The number of nitrogens with one attached hydrogen (secondary N) is 2. The summed E-state index contributed by atoms with van der Waals surface area (Å²) in [7, 11) is 0. The van der Waals surface area contributed by atoms with Gasteiger partial charge in [-0.2, -0.15) is 0 Å². The summed E-state index contributed by atoms with van der Waals surface area (Å²) in [5.41, 5.74) is 3.12. The van der Waals surface area contributed by atoms with Gasteiger partial charge in [0.25, 0.3) is 5.91 Å². The van der Waals surface area contributed by atoms with E-state index in [4.69, 9.17) is 0 Å². The number of nitrogens with zero attached hydrogens (tertiary/aromatic N) is 1. The SMILES string of the molecule is CSc1cccc(NC(=O)c2ccc3nc[nH]c3c2)c1. The van der Waals surface area contributed by atoms with Gasteiger partial charge in [-0.25, -0.2) is 4.98 Å². The summed E-state index contributed by atoms with van der Waals surface area (Å²) in [6.07, 6.45) is 3.63. The lowest BCUT2D eigenvalue weighted by Gasteiger charge is -2.06. The molecule has 0 aliphatic heterocycles. The van der Waals surface area contributed by atoms with E-state index in [-0.39, 0.29) is 5.91 Å². The molecule has 3 aromatic rings. The number of carbonyl (C=O) groups is 1. The van der Waals surface area contributed by atoms with E-state index in [1.807, 2.05) is 36.6 Å². The van der Waals surface area contributed by atoms with Crippen molar-refractivity contribution in [3.05, 3.63) is 54.4 Å². The van der Waals surface area contributed by atoms with Gasteiger partial charge < -0.3 is 10.3 Å². The molecule has 2 N–H and O–H groups in total. The molecule has 0 bridgehead atoms. The highest BCUT2D eigenvalue weighted by molar-refractivity contribution is 7.98. The number of thioether (sulfide) groups is 1. The molecule has 0 atom stereocenters. The minimum atomic E-state index is -0.125. The molecular formula is C15H13N3OS. The molecule has 1 aromatic heterocycles. The average Bonchev–Trinajstić information content (AvgIpc) is 2.94. The molecule has 100 valence electrons. The number of benzene rings is 2. The maximum Gasteiger partial charge on any atom is 0.255 e. The highest BCUT2D eigenvalue weighted by Crippen LogP contribution is 2.20. The number of anilines is 1. The Kier molecular flexibility index (Phi) is 3.43. The van der Waals surface area contributed by atoms with E-state index in [9.17, 15) is 4.79 Å². The van der Waals surface area contributed by atoms with Crippen LogP contribution in [0.25, 0.3) is 11.0 Å². The van der Waals surface area contributed by atoms with Crippen molar-refractivity contribution in [2.75, 3.05) is 11.6 Å². The van der Waals surface area contributed by atoms with E-state index < -0.39 is 0 Å². The van der Waals surface area contributed by atoms with Crippen molar-refractivity contribution in [3.8, 4) is 0 Å². The number of aromatic nitrogens is 2. The lowest BCUT2D eigenvalue weighted by molar-refractivity contribution is 0.102. The van der Waals surface area contributed by atoms with Crippen LogP contribution in [0, 0.1) is 0 Å². The molecule has 0 aliphatic carbocycles. The normalized spacial score (nSPS) is 10.7. The van der Waals surface area contributed by atoms with E-state index in [0.717, 1.165) is 21.6 Å². The van der Waals surface area contributed by atoms with E-state index in [1.54, 1.807) is 30.2 Å².